The Morgan fingerprint density at radius 2 is 0.398 bits per heavy atom. The van der Waals surface area contributed by atoms with Gasteiger partial charge >= 0.3 is 0 Å². The fraction of sp³-hybridized carbons (Fsp3) is 0.0112. The zero-order valence-electron chi connectivity index (χ0n) is 51.1. The third-order valence-corrected chi connectivity index (χ3v) is 18.7. The first-order chi connectivity index (χ1) is 46.2. The van der Waals surface area contributed by atoms with E-state index in [0.717, 1.165) is 122 Å². The Balaban J connectivity index is 1.05. The van der Waals surface area contributed by atoms with Crippen LogP contribution in [0.4, 0.5) is 68.2 Å². The number of para-hydroxylation sites is 4. The van der Waals surface area contributed by atoms with E-state index in [0.29, 0.717) is 0 Å². The maximum absolute atomic E-state index is 2.51. The molecule has 0 atom stereocenters. The van der Waals surface area contributed by atoms with Crippen LogP contribution in [0.1, 0.15) is 22.3 Å². The van der Waals surface area contributed by atoms with E-state index in [1.807, 2.05) is 0 Å². The van der Waals surface area contributed by atoms with E-state index in [9.17, 15) is 0 Å². The molecule has 1 aliphatic carbocycles. The van der Waals surface area contributed by atoms with Crippen LogP contribution >= 0.6 is 0 Å². The maximum atomic E-state index is 2.51. The highest BCUT2D eigenvalue weighted by Gasteiger charge is 2.47. The van der Waals surface area contributed by atoms with Gasteiger partial charge in [0, 0.05) is 67.0 Å². The normalized spacial score (nSPS) is 12.2. The quantitative estimate of drug-likeness (QED) is 0.108. The van der Waals surface area contributed by atoms with Crippen LogP contribution in [0.25, 0.3) is 54.2 Å². The molecular weight excluding hydrogens is 1130 g/mol. The number of rotatable bonds is 14. The highest BCUT2D eigenvalue weighted by Crippen LogP contribution is 2.60. The van der Waals surface area contributed by atoms with Gasteiger partial charge in [0.25, 0.3) is 0 Å². The second kappa shape index (κ2) is 23.3. The monoisotopic (exact) mass is 1190 g/mol. The van der Waals surface area contributed by atoms with Gasteiger partial charge in [-0.05, 0) is 164 Å². The third kappa shape index (κ3) is 9.46. The molecule has 0 radical (unpaired) electrons. The Morgan fingerprint density at radius 3 is 0.677 bits per heavy atom. The van der Waals surface area contributed by atoms with E-state index >= 15 is 0 Å². The molecule has 0 heterocycles. The summed E-state index contributed by atoms with van der Waals surface area (Å²) in [6.07, 6.45) is 0. The van der Waals surface area contributed by atoms with E-state index in [2.05, 4.69) is 396 Å². The SMILES string of the molecule is c1ccc(N(c2cc(N(c3ccccc3)c3cccc4ccccc34)cc(C3(c4cc(N(c5ccccc5)c5cccc6ccccc56)cc(N(c5ccccc5)c5cccc6ccccc56)c4)c4ccccc4-c4ccccc43)c2)c2cccc3ccccc23)cc1. The number of fused-ring (bicyclic) bond motifs is 7. The number of hydrogen-bond donors (Lipinski definition) is 0. The first-order valence-electron chi connectivity index (χ1n) is 32.0. The highest BCUT2D eigenvalue weighted by atomic mass is 15.2. The lowest BCUT2D eigenvalue weighted by Gasteiger charge is -2.39. The Hall–Kier alpha value is -12.2. The van der Waals surface area contributed by atoms with Crippen molar-refractivity contribution in [2.75, 3.05) is 19.6 Å². The molecule has 16 aromatic carbocycles. The van der Waals surface area contributed by atoms with Gasteiger partial charge in [0.15, 0.2) is 0 Å². The van der Waals surface area contributed by atoms with Crippen LogP contribution in [0.3, 0.4) is 0 Å². The molecule has 0 bridgehead atoms. The van der Waals surface area contributed by atoms with E-state index in [1.54, 1.807) is 0 Å². The smallest absolute Gasteiger partial charge is 0.0716 e. The molecule has 4 heteroatoms. The summed E-state index contributed by atoms with van der Waals surface area (Å²) < 4.78 is 0. The summed E-state index contributed by atoms with van der Waals surface area (Å²) in [4.78, 5) is 9.94. The molecule has 0 spiro atoms. The fourth-order valence-electron chi connectivity index (χ4n) is 14.8. The largest absolute Gasteiger partial charge is 0.310 e. The van der Waals surface area contributed by atoms with Gasteiger partial charge in [-0.2, -0.15) is 0 Å². The van der Waals surface area contributed by atoms with Gasteiger partial charge in [0.05, 0.1) is 28.2 Å². The summed E-state index contributed by atoms with van der Waals surface area (Å²) in [5.41, 5.74) is 18.5. The van der Waals surface area contributed by atoms with Crippen molar-refractivity contribution in [3.8, 4) is 11.1 Å². The van der Waals surface area contributed by atoms with Crippen LogP contribution in [0, 0.1) is 0 Å². The third-order valence-electron chi connectivity index (χ3n) is 18.7. The van der Waals surface area contributed by atoms with E-state index in [1.165, 1.54) is 22.3 Å². The summed E-state index contributed by atoms with van der Waals surface area (Å²) >= 11 is 0. The molecule has 438 valence electrons. The Bertz CT molecular complexity index is 4790. The molecule has 16 aromatic rings. The van der Waals surface area contributed by atoms with Gasteiger partial charge in [-0.15, -0.1) is 0 Å². The molecule has 0 N–H and O–H groups in total. The fourth-order valence-corrected chi connectivity index (χ4v) is 14.8. The molecule has 0 aromatic heterocycles. The van der Waals surface area contributed by atoms with E-state index < -0.39 is 5.41 Å². The second-order valence-electron chi connectivity index (χ2n) is 24.0. The molecule has 4 nitrogen and oxygen atoms in total. The summed E-state index contributed by atoms with van der Waals surface area (Å²) in [5, 5.41) is 9.26. The Morgan fingerprint density at radius 1 is 0.172 bits per heavy atom. The standard InChI is InChI=1S/C89H62N4/c1-5-37-69(38-6-1)90(85-53-25-33-63-29-13-17-45-77(63)85)73-57-67(58-74(61-73)91(70-39-7-2-8-40-70)86-54-26-34-64-30-14-18-46-78(64)86)89(83-51-23-21-49-81(83)82-50-22-24-52-84(82)89)68-59-75(92(71-41-9-3-10-42-71)87-55-27-35-65-31-15-19-47-79(65)87)62-76(60-68)93(72-43-11-4-12-44-72)88-56-28-36-66-32-16-20-48-80(66)88/h1-62H. The van der Waals surface area contributed by atoms with Crippen molar-refractivity contribution in [1.82, 2.24) is 0 Å². The number of nitrogens with zero attached hydrogens (tertiary/aromatic N) is 4. The number of anilines is 12. The second-order valence-corrected chi connectivity index (χ2v) is 24.0. The maximum Gasteiger partial charge on any atom is 0.0716 e. The van der Waals surface area contributed by atoms with Gasteiger partial charge in [0.2, 0.25) is 0 Å². The minimum atomic E-state index is -0.993. The lowest BCUT2D eigenvalue weighted by molar-refractivity contribution is 0.768. The van der Waals surface area contributed by atoms with E-state index in [4.69, 9.17) is 0 Å². The summed E-state index contributed by atoms with van der Waals surface area (Å²) in [7, 11) is 0. The molecule has 17 rings (SSSR count). The minimum Gasteiger partial charge on any atom is -0.310 e. The van der Waals surface area contributed by atoms with E-state index in [-0.39, 0.29) is 0 Å². The predicted octanol–water partition coefficient (Wildman–Crippen LogP) is 24.5. The molecule has 0 saturated carbocycles. The summed E-state index contributed by atoms with van der Waals surface area (Å²) in [5.74, 6) is 0. The van der Waals surface area contributed by atoms with Crippen molar-refractivity contribution >= 4 is 111 Å². The first-order valence-corrected chi connectivity index (χ1v) is 32.0. The molecular formula is C89H62N4. The molecule has 0 aliphatic heterocycles. The van der Waals surface area contributed by atoms with Crippen molar-refractivity contribution < 1.29 is 0 Å². The summed E-state index contributed by atoms with van der Waals surface area (Å²) in [6, 6.07) is 139. The van der Waals surface area contributed by atoms with Crippen LogP contribution in [-0.2, 0) is 5.41 Å². The van der Waals surface area contributed by atoms with Crippen molar-refractivity contribution in [3.63, 3.8) is 0 Å². The molecule has 0 fully saturated rings. The van der Waals surface area contributed by atoms with Crippen LogP contribution in [0.2, 0.25) is 0 Å². The lowest BCUT2D eigenvalue weighted by atomic mass is 9.67. The highest BCUT2D eigenvalue weighted by molar-refractivity contribution is 6.05. The van der Waals surface area contributed by atoms with Crippen LogP contribution < -0.4 is 19.6 Å². The molecule has 0 amide bonds. The van der Waals surface area contributed by atoms with Crippen molar-refractivity contribution in [2.24, 2.45) is 0 Å². The average molecular weight is 1190 g/mol. The number of hydrogen-bond acceptors (Lipinski definition) is 4. The Kier molecular flexibility index (Phi) is 13.7. The first kappa shape index (κ1) is 54.9. The lowest BCUT2D eigenvalue weighted by Crippen LogP contribution is -2.30. The average Bonchev–Trinajstić information content (AvgIpc) is 1.58. The van der Waals surface area contributed by atoms with Gasteiger partial charge in [0.1, 0.15) is 0 Å². The van der Waals surface area contributed by atoms with Crippen LogP contribution in [0.5, 0.6) is 0 Å². The van der Waals surface area contributed by atoms with Gasteiger partial charge < -0.3 is 19.6 Å². The topological polar surface area (TPSA) is 13.0 Å². The summed E-state index contributed by atoms with van der Waals surface area (Å²) in [6.45, 7) is 0. The molecule has 1 aliphatic rings. The molecule has 0 unspecified atom stereocenters. The van der Waals surface area contributed by atoms with Gasteiger partial charge in [-0.3, -0.25) is 0 Å². The number of benzene rings is 16. The van der Waals surface area contributed by atoms with Crippen molar-refractivity contribution in [3.05, 3.63) is 398 Å². The van der Waals surface area contributed by atoms with Crippen molar-refractivity contribution in [1.29, 1.82) is 0 Å². The molecule has 0 saturated heterocycles. The zero-order chi connectivity index (χ0) is 61.7. The minimum absolute atomic E-state index is 0.993. The van der Waals surface area contributed by atoms with Gasteiger partial charge in [-0.1, -0.05) is 267 Å². The van der Waals surface area contributed by atoms with Gasteiger partial charge in [-0.25, -0.2) is 0 Å². The zero-order valence-corrected chi connectivity index (χ0v) is 51.1. The van der Waals surface area contributed by atoms with Crippen molar-refractivity contribution in [2.45, 2.75) is 5.41 Å². The predicted molar refractivity (Wildman–Crippen MR) is 393 cm³/mol. The molecule has 93 heavy (non-hydrogen) atoms. The Labute approximate surface area is 542 Å². The van der Waals surface area contributed by atoms with Crippen LogP contribution in [0.15, 0.2) is 376 Å². The van der Waals surface area contributed by atoms with Crippen LogP contribution in [-0.4, -0.2) is 0 Å².